The molecule has 1 aromatic carbocycles. The van der Waals surface area contributed by atoms with Crippen LogP contribution in [0.4, 0.5) is 0 Å². The van der Waals surface area contributed by atoms with E-state index in [0.29, 0.717) is 17.2 Å². The number of rotatable bonds is 4. The highest BCUT2D eigenvalue weighted by molar-refractivity contribution is 6.00. The minimum atomic E-state index is -0.0333. The average molecular weight is 258 g/mol. The van der Waals surface area contributed by atoms with Gasteiger partial charge in [-0.05, 0) is 31.0 Å². The first-order chi connectivity index (χ1) is 9.04. The molecule has 0 atom stereocenters. The SMILES string of the molecule is COc1cccc(-n2ccc(C(C)C)n2)c1C(C)=O. The van der Waals surface area contributed by atoms with Gasteiger partial charge in [-0.25, -0.2) is 4.68 Å². The number of Topliss-reactive ketones (excluding diaryl/α,β-unsaturated/α-hetero) is 1. The van der Waals surface area contributed by atoms with Crippen LogP contribution in [0.5, 0.6) is 5.75 Å². The van der Waals surface area contributed by atoms with Crippen LogP contribution in [-0.4, -0.2) is 22.7 Å². The Kier molecular flexibility index (Phi) is 3.69. The van der Waals surface area contributed by atoms with E-state index in [1.165, 1.54) is 6.92 Å². The molecule has 0 spiro atoms. The summed E-state index contributed by atoms with van der Waals surface area (Å²) in [6, 6.07) is 7.48. The molecule has 2 aromatic rings. The Labute approximate surface area is 113 Å². The van der Waals surface area contributed by atoms with Crippen LogP contribution in [-0.2, 0) is 0 Å². The number of hydrogen-bond donors (Lipinski definition) is 0. The maximum Gasteiger partial charge on any atom is 0.165 e. The van der Waals surface area contributed by atoms with Crippen molar-refractivity contribution in [1.29, 1.82) is 0 Å². The second kappa shape index (κ2) is 5.26. The van der Waals surface area contributed by atoms with Gasteiger partial charge in [0.1, 0.15) is 5.75 Å². The van der Waals surface area contributed by atoms with Crippen LogP contribution in [0.1, 0.15) is 42.7 Å². The van der Waals surface area contributed by atoms with E-state index in [1.54, 1.807) is 17.9 Å². The quantitative estimate of drug-likeness (QED) is 0.791. The van der Waals surface area contributed by atoms with Gasteiger partial charge >= 0.3 is 0 Å². The molecule has 0 radical (unpaired) electrons. The molecular weight excluding hydrogens is 240 g/mol. The van der Waals surface area contributed by atoms with Gasteiger partial charge in [0.15, 0.2) is 5.78 Å². The van der Waals surface area contributed by atoms with Gasteiger partial charge < -0.3 is 4.74 Å². The van der Waals surface area contributed by atoms with Gasteiger partial charge in [0.25, 0.3) is 0 Å². The van der Waals surface area contributed by atoms with Gasteiger partial charge in [-0.2, -0.15) is 5.10 Å². The number of nitrogens with zero attached hydrogens (tertiary/aromatic N) is 2. The molecule has 0 amide bonds. The van der Waals surface area contributed by atoms with Gasteiger partial charge in [0.05, 0.1) is 24.1 Å². The standard InChI is InChI=1S/C15H18N2O2/c1-10(2)12-8-9-17(16-12)13-6-5-7-14(19-4)15(13)11(3)18/h5-10H,1-4H3. The Balaban J connectivity index is 2.57. The van der Waals surface area contributed by atoms with E-state index in [2.05, 4.69) is 18.9 Å². The van der Waals surface area contributed by atoms with Crippen LogP contribution in [0.25, 0.3) is 5.69 Å². The smallest absolute Gasteiger partial charge is 0.165 e. The average Bonchev–Trinajstić information content (AvgIpc) is 2.87. The Bertz CT molecular complexity index is 600. The Morgan fingerprint density at radius 3 is 2.58 bits per heavy atom. The number of aromatic nitrogens is 2. The van der Waals surface area contributed by atoms with E-state index in [4.69, 9.17) is 4.74 Å². The molecule has 4 nitrogen and oxygen atoms in total. The number of carbonyl (C=O) groups is 1. The molecule has 0 aliphatic carbocycles. The van der Waals surface area contributed by atoms with Crippen LogP contribution < -0.4 is 4.74 Å². The zero-order valence-corrected chi connectivity index (χ0v) is 11.7. The van der Waals surface area contributed by atoms with Gasteiger partial charge in [0, 0.05) is 6.20 Å². The fraction of sp³-hybridized carbons (Fsp3) is 0.333. The first-order valence-corrected chi connectivity index (χ1v) is 6.28. The summed E-state index contributed by atoms with van der Waals surface area (Å²) in [6.07, 6.45) is 1.87. The lowest BCUT2D eigenvalue weighted by Gasteiger charge is -2.11. The maximum atomic E-state index is 11.8. The zero-order valence-electron chi connectivity index (χ0n) is 11.7. The molecule has 0 aliphatic heterocycles. The summed E-state index contributed by atoms with van der Waals surface area (Å²) in [6.45, 7) is 5.71. The van der Waals surface area contributed by atoms with Crippen LogP contribution in [0.15, 0.2) is 30.5 Å². The van der Waals surface area contributed by atoms with Crippen molar-refractivity contribution >= 4 is 5.78 Å². The van der Waals surface area contributed by atoms with Crippen LogP contribution >= 0.6 is 0 Å². The number of carbonyl (C=O) groups excluding carboxylic acids is 1. The summed E-state index contributed by atoms with van der Waals surface area (Å²) in [5.41, 5.74) is 2.31. The van der Waals surface area contributed by atoms with Crippen LogP contribution in [0, 0.1) is 0 Å². The Hall–Kier alpha value is -2.10. The van der Waals surface area contributed by atoms with E-state index in [0.717, 1.165) is 11.4 Å². The molecule has 1 aromatic heterocycles. The molecule has 1 heterocycles. The summed E-state index contributed by atoms with van der Waals surface area (Å²) >= 11 is 0. The van der Waals surface area contributed by atoms with Crippen molar-refractivity contribution in [3.8, 4) is 11.4 Å². The van der Waals surface area contributed by atoms with Crippen molar-refractivity contribution in [1.82, 2.24) is 9.78 Å². The molecule has 0 saturated heterocycles. The van der Waals surface area contributed by atoms with Gasteiger partial charge in [-0.1, -0.05) is 19.9 Å². The number of hydrogen-bond acceptors (Lipinski definition) is 3. The summed E-state index contributed by atoms with van der Waals surface area (Å²) in [5, 5.41) is 4.51. The molecule has 0 bridgehead atoms. The summed E-state index contributed by atoms with van der Waals surface area (Å²) in [4.78, 5) is 11.8. The highest BCUT2D eigenvalue weighted by atomic mass is 16.5. The lowest BCUT2D eigenvalue weighted by atomic mass is 10.1. The van der Waals surface area contributed by atoms with E-state index < -0.39 is 0 Å². The van der Waals surface area contributed by atoms with E-state index in [9.17, 15) is 4.79 Å². The van der Waals surface area contributed by atoms with Gasteiger partial charge in [-0.15, -0.1) is 0 Å². The third-order valence-electron chi connectivity index (χ3n) is 3.02. The Morgan fingerprint density at radius 1 is 1.32 bits per heavy atom. The van der Waals surface area contributed by atoms with E-state index in [1.807, 2.05) is 24.4 Å². The monoisotopic (exact) mass is 258 g/mol. The highest BCUT2D eigenvalue weighted by Crippen LogP contribution is 2.26. The van der Waals surface area contributed by atoms with Crippen molar-refractivity contribution in [2.45, 2.75) is 26.7 Å². The molecule has 0 unspecified atom stereocenters. The first kappa shape index (κ1) is 13.3. The fourth-order valence-corrected chi connectivity index (χ4v) is 2.01. The topological polar surface area (TPSA) is 44.1 Å². The summed E-state index contributed by atoms with van der Waals surface area (Å²) in [7, 11) is 1.56. The third-order valence-corrected chi connectivity index (χ3v) is 3.02. The largest absolute Gasteiger partial charge is 0.496 e. The molecule has 0 fully saturated rings. The maximum absolute atomic E-state index is 11.8. The second-order valence-electron chi connectivity index (χ2n) is 4.75. The molecule has 100 valence electrons. The molecule has 0 aliphatic rings. The molecule has 0 saturated carbocycles. The minimum Gasteiger partial charge on any atom is -0.496 e. The fourth-order valence-electron chi connectivity index (χ4n) is 2.01. The minimum absolute atomic E-state index is 0.0333. The van der Waals surface area contributed by atoms with Crippen LogP contribution in [0.2, 0.25) is 0 Å². The van der Waals surface area contributed by atoms with Crippen molar-refractivity contribution in [3.63, 3.8) is 0 Å². The van der Waals surface area contributed by atoms with Crippen molar-refractivity contribution in [2.24, 2.45) is 0 Å². The van der Waals surface area contributed by atoms with E-state index in [-0.39, 0.29) is 5.78 Å². The van der Waals surface area contributed by atoms with Crippen LogP contribution in [0.3, 0.4) is 0 Å². The van der Waals surface area contributed by atoms with Gasteiger partial charge in [-0.3, -0.25) is 4.79 Å². The lowest BCUT2D eigenvalue weighted by molar-refractivity contribution is 0.101. The molecule has 19 heavy (non-hydrogen) atoms. The lowest BCUT2D eigenvalue weighted by Crippen LogP contribution is -2.07. The van der Waals surface area contributed by atoms with Crippen molar-refractivity contribution in [3.05, 3.63) is 41.7 Å². The zero-order chi connectivity index (χ0) is 14.0. The van der Waals surface area contributed by atoms with Crippen molar-refractivity contribution in [2.75, 3.05) is 7.11 Å². The van der Waals surface area contributed by atoms with Crippen molar-refractivity contribution < 1.29 is 9.53 Å². The molecular formula is C15H18N2O2. The van der Waals surface area contributed by atoms with E-state index >= 15 is 0 Å². The van der Waals surface area contributed by atoms with Gasteiger partial charge in [0.2, 0.25) is 0 Å². The molecule has 0 N–H and O–H groups in total. The number of ether oxygens (including phenoxy) is 1. The number of methoxy groups -OCH3 is 1. The number of benzene rings is 1. The Morgan fingerprint density at radius 2 is 2.05 bits per heavy atom. The highest BCUT2D eigenvalue weighted by Gasteiger charge is 2.16. The summed E-state index contributed by atoms with van der Waals surface area (Å²) < 4.78 is 6.99. The predicted molar refractivity (Wildman–Crippen MR) is 74.2 cm³/mol. The first-order valence-electron chi connectivity index (χ1n) is 6.28. The summed E-state index contributed by atoms with van der Waals surface area (Å²) in [5.74, 6) is 0.897. The number of ketones is 1. The third kappa shape index (κ3) is 2.52. The molecule has 2 rings (SSSR count). The predicted octanol–water partition coefficient (Wildman–Crippen LogP) is 3.21. The second-order valence-corrected chi connectivity index (χ2v) is 4.75. The normalized spacial score (nSPS) is 10.8. The molecule has 4 heteroatoms.